The van der Waals surface area contributed by atoms with Gasteiger partial charge < -0.3 is 24.8 Å². The minimum atomic E-state index is -1.40. The maximum absolute atomic E-state index is 13.1. The van der Waals surface area contributed by atoms with Gasteiger partial charge in [0.2, 0.25) is 0 Å². The molecule has 0 aliphatic heterocycles. The van der Waals surface area contributed by atoms with Crippen molar-refractivity contribution in [2.75, 3.05) is 19.7 Å². The van der Waals surface area contributed by atoms with Gasteiger partial charge in [0.15, 0.2) is 0 Å². The lowest BCUT2D eigenvalue weighted by atomic mass is 9.98. The topological polar surface area (TPSA) is 105 Å². The van der Waals surface area contributed by atoms with Gasteiger partial charge in [0, 0.05) is 12.5 Å². The van der Waals surface area contributed by atoms with Crippen molar-refractivity contribution in [3.8, 4) is 11.1 Å². The van der Waals surface area contributed by atoms with Crippen molar-refractivity contribution < 1.29 is 29.0 Å². The van der Waals surface area contributed by atoms with Gasteiger partial charge >= 0.3 is 18.2 Å². The molecule has 3 aromatic carbocycles. The highest BCUT2D eigenvalue weighted by Crippen LogP contribution is 2.44. The molecular formula is C32H36N2O6. The first-order chi connectivity index (χ1) is 19.0. The summed E-state index contributed by atoms with van der Waals surface area (Å²) in [5, 5.41) is 12.4. The summed E-state index contributed by atoms with van der Waals surface area (Å²) in [6, 6.07) is 24.1. The van der Waals surface area contributed by atoms with E-state index in [0.29, 0.717) is 0 Å². The lowest BCUT2D eigenvalue weighted by Crippen LogP contribution is -2.51. The third-order valence-corrected chi connectivity index (χ3v) is 6.85. The molecule has 1 aliphatic rings. The van der Waals surface area contributed by atoms with E-state index in [2.05, 4.69) is 5.32 Å². The first-order valence-corrected chi connectivity index (χ1v) is 13.4. The van der Waals surface area contributed by atoms with E-state index in [1.54, 1.807) is 20.8 Å². The SMILES string of the molecule is C[C@@H](CN(C[C@H](NC(=O)OCC1c2ccccc2-c2ccccc21)C(=O)O)C(=O)OC(C)(C)C)c1ccccc1. The predicted molar refractivity (Wildman–Crippen MR) is 152 cm³/mol. The standard InChI is InChI=1S/C32H36N2O6/c1-21(22-12-6-5-7-13-22)18-34(31(38)40-32(2,3)4)19-28(29(35)36)33-30(37)39-20-27-25-16-10-8-14-23(25)24-15-9-11-17-26(24)27/h5-17,21,27-28H,18-20H2,1-4H3,(H,33,37)(H,35,36)/t21-,28-/m0/s1. The monoisotopic (exact) mass is 544 g/mol. The number of ether oxygens (including phenoxy) is 2. The zero-order chi connectivity index (χ0) is 28.9. The Morgan fingerprint density at radius 2 is 1.43 bits per heavy atom. The van der Waals surface area contributed by atoms with Gasteiger partial charge in [0.25, 0.3) is 0 Å². The van der Waals surface area contributed by atoms with Crippen molar-refractivity contribution in [3.05, 3.63) is 95.6 Å². The number of carboxylic acid groups (broad SMARTS) is 1. The lowest BCUT2D eigenvalue weighted by molar-refractivity contribution is -0.139. The summed E-state index contributed by atoms with van der Waals surface area (Å²) >= 11 is 0. The molecule has 3 aromatic rings. The fourth-order valence-corrected chi connectivity index (χ4v) is 4.96. The molecule has 0 radical (unpaired) electrons. The number of fused-ring (bicyclic) bond motifs is 3. The van der Waals surface area contributed by atoms with Crippen LogP contribution < -0.4 is 5.32 Å². The predicted octanol–water partition coefficient (Wildman–Crippen LogP) is 6.02. The Kier molecular flexibility index (Phi) is 8.77. The number of nitrogens with zero attached hydrogens (tertiary/aromatic N) is 1. The minimum Gasteiger partial charge on any atom is -0.480 e. The van der Waals surface area contributed by atoms with E-state index in [4.69, 9.17) is 9.47 Å². The van der Waals surface area contributed by atoms with Crippen LogP contribution in [0.1, 0.15) is 56.2 Å². The highest BCUT2D eigenvalue weighted by atomic mass is 16.6. The first kappa shape index (κ1) is 28.7. The average molecular weight is 545 g/mol. The van der Waals surface area contributed by atoms with E-state index in [-0.39, 0.29) is 31.5 Å². The third-order valence-electron chi connectivity index (χ3n) is 6.85. The molecule has 2 amide bonds. The molecule has 8 nitrogen and oxygen atoms in total. The highest BCUT2D eigenvalue weighted by molar-refractivity contribution is 5.82. The highest BCUT2D eigenvalue weighted by Gasteiger charge is 2.32. The molecule has 0 heterocycles. The Morgan fingerprint density at radius 1 is 0.875 bits per heavy atom. The fourth-order valence-electron chi connectivity index (χ4n) is 4.96. The van der Waals surface area contributed by atoms with Gasteiger partial charge in [-0.1, -0.05) is 85.8 Å². The normalized spacial score (nSPS) is 13.9. The van der Waals surface area contributed by atoms with Crippen LogP contribution >= 0.6 is 0 Å². The van der Waals surface area contributed by atoms with Crippen LogP contribution in [0.15, 0.2) is 78.9 Å². The second kappa shape index (κ2) is 12.2. The van der Waals surface area contributed by atoms with Crippen molar-refractivity contribution in [3.63, 3.8) is 0 Å². The molecule has 4 rings (SSSR count). The summed E-state index contributed by atoms with van der Waals surface area (Å²) in [7, 11) is 0. The Labute approximate surface area is 234 Å². The van der Waals surface area contributed by atoms with E-state index < -0.39 is 29.8 Å². The zero-order valence-electron chi connectivity index (χ0n) is 23.3. The van der Waals surface area contributed by atoms with Crippen molar-refractivity contribution >= 4 is 18.2 Å². The third kappa shape index (κ3) is 7.00. The van der Waals surface area contributed by atoms with Crippen LogP contribution in [-0.2, 0) is 14.3 Å². The molecule has 0 unspecified atom stereocenters. The van der Waals surface area contributed by atoms with Crippen LogP contribution in [0, 0.1) is 0 Å². The van der Waals surface area contributed by atoms with E-state index >= 15 is 0 Å². The molecule has 2 atom stereocenters. The van der Waals surface area contributed by atoms with Crippen LogP contribution in [0.4, 0.5) is 9.59 Å². The number of rotatable bonds is 9. The van der Waals surface area contributed by atoms with Gasteiger partial charge in [-0.2, -0.15) is 0 Å². The van der Waals surface area contributed by atoms with Crippen LogP contribution in [0.5, 0.6) is 0 Å². The number of nitrogens with one attached hydrogen (secondary N) is 1. The Morgan fingerprint density at radius 3 is 1.98 bits per heavy atom. The van der Waals surface area contributed by atoms with Gasteiger partial charge in [-0.05, 0) is 54.5 Å². The van der Waals surface area contributed by atoms with Gasteiger partial charge in [0.1, 0.15) is 18.2 Å². The van der Waals surface area contributed by atoms with Gasteiger partial charge in [0.05, 0.1) is 6.54 Å². The number of carboxylic acids is 1. The largest absolute Gasteiger partial charge is 0.480 e. The Balaban J connectivity index is 1.44. The fraction of sp³-hybridized carbons (Fsp3) is 0.344. The summed E-state index contributed by atoms with van der Waals surface area (Å²) in [5.41, 5.74) is 4.51. The average Bonchev–Trinajstić information content (AvgIpc) is 3.24. The molecule has 0 bridgehead atoms. The van der Waals surface area contributed by atoms with Crippen LogP contribution in [0.25, 0.3) is 11.1 Å². The van der Waals surface area contributed by atoms with Crippen LogP contribution in [0.2, 0.25) is 0 Å². The molecule has 0 saturated carbocycles. The molecule has 0 fully saturated rings. The number of aliphatic carboxylic acids is 1. The molecule has 0 aromatic heterocycles. The summed E-state index contributed by atoms with van der Waals surface area (Å²) in [6.45, 7) is 7.14. The number of carbonyl (C=O) groups is 3. The molecular weight excluding hydrogens is 508 g/mol. The smallest absolute Gasteiger partial charge is 0.410 e. The van der Waals surface area contributed by atoms with Crippen LogP contribution in [0.3, 0.4) is 0 Å². The van der Waals surface area contributed by atoms with E-state index in [0.717, 1.165) is 27.8 Å². The molecule has 8 heteroatoms. The second-order valence-electron chi connectivity index (χ2n) is 11.1. The van der Waals surface area contributed by atoms with Crippen molar-refractivity contribution in [2.45, 2.75) is 51.2 Å². The van der Waals surface area contributed by atoms with Gasteiger partial charge in [-0.3, -0.25) is 0 Å². The maximum Gasteiger partial charge on any atom is 0.410 e. The van der Waals surface area contributed by atoms with Crippen molar-refractivity contribution in [2.24, 2.45) is 0 Å². The number of hydrogen-bond donors (Lipinski definition) is 2. The van der Waals surface area contributed by atoms with E-state index in [9.17, 15) is 19.5 Å². The molecule has 0 spiro atoms. The Bertz CT molecular complexity index is 1310. The maximum atomic E-state index is 13.1. The number of amides is 2. The van der Waals surface area contributed by atoms with Crippen molar-refractivity contribution in [1.29, 1.82) is 0 Å². The molecule has 1 aliphatic carbocycles. The number of alkyl carbamates (subject to hydrolysis) is 1. The lowest BCUT2D eigenvalue weighted by Gasteiger charge is -2.31. The van der Waals surface area contributed by atoms with Gasteiger partial charge in [-0.25, -0.2) is 14.4 Å². The molecule has 210 valence electrons. The molecule has 2 N–H and O–H groups in total. The first-order valence-electron chi connectivity index (χ1n) is 13.4. The second-order valence-corrected chi connectivity index (χ2v) is 11.1. The molecule has 0 saturated heterocycles. The zero-order valence-corrected chi connectivity index (χ0v) is 23.3. The van der Waals surface area contributed by atoms with Crippen LogP contribution in [-0.4, -0.2) is 59.5 Å². The minimum absolute atomic E-state index is 0.0486. The number of carbonyl (C=O) groups excluding carboxylic acids is 2. The van der Waals surface area contributed by atoms with E-state index in [1.807, 2.05) is 85.8 Å². The summed E-state index contributed by atoms with van der Waals surface area (Å²) in [5.74, 6) is -1.54. The summed E-state index contributed by atoms with van der Waals surface area (Å²) in [6.07, 6.45) is -1.52. The quantitative estimate of drug-likeness (QED) is 0.341. The van der Waals surface area contributed by atoms with Gasteiger partial charge in [-0.15, -0.1) is 0 Å². The Hall–Kier alpha value is -4.33. The number of benzene rings is 3. The summed E-state index contributed by atoms with van der Waals surface area (Å²) < 4.78 is 11.1. The van der Waals surface area contributed by atoms with E-state index in [1.165, 1.54) is 4.90 Å². The molecule has 40 heavy (non-hydrogen) atoms. The number of hydrogen-bond acceptors (Lipinski definition) is 5. The summed E-state index contributed by atoms with van der Waals surface area (Å²) in [4.78, 5) is 39.4. The van der Waals surface area contributed by atoms with Crippen molar-refractivity contribution in [1.82, 2.24) is 10.2 Å².